The molecule has 2 aliphatic rings. The summed E-state index contributed by atoms with van der Waals surface area (Å²) in [5.74, 6) is 0.0892. The summed E-state index contributed by atoms with van der Waals surface area (Å²) in [6.45, 7) is 0.749. The van der Waals surface area contributed by atoms with Gasteiger partial charge in [-0.3, -0.25) is 0 Å². The Kier molecular flexibility index (Phi) is 5.75. The molecule has 1 fully saturated rings. The summed E-state index contributed by atoms with van der Waals surface area (Å²) < 4.78 is 26.8. The minimum absolute atomic E-state index is 0. The van der Waals surface area contributed by atoms with Gasteiger partial charge in [0.1, 0.15) is 4.75 Å². The zero-order valence-electron chi connectivity index (χ0n) is 16.8. The lowest BCUT2D eigenvalue weighted by Crippen LogP contribution is -2.50. The second kappa shape index (κ2) is 8.18. The third kappa shape index (κ3) is 3.37. The van der Waals surface area contributed by atoms with Gasteiger partial charge in [0.2, 0.25) is 0 Å². The Balaban J connectivity index is 0.00000218. The number of sulfone groups is 1. The predicted molar refractivity (Wildman–Crippen MR) is 125 cm³/mol. The first-order chi connectivity index (χ1) is 14.1. The van der Waals surface area contributed by atoms with Crippen LogP contribution in [0.1, 0.15) is 29.5 Å². The molecule has 2 atom stereocenters. The highest BCUT2D eigenvalue weighted by Crippen LogP contribution is 2.49. The molecule has 156 valence electrons. The van der Waals surface area contributed by atoms with Gasteiger partial charge in [-0.25, -0.2) is 8.42 Å². The summed E-state index contributed by atoms with van der Waals surface area (Å²) in [5, 5.41) is 3.50. The number of hydrogen-bond acceptors (Lipinski definition) is 3. The second-order valence-corrected chi connectivity index (χ2v) is 10.4. The maximum atomic E-state index is 13.8. The molecule has 30 heavy (non-hydrogen) atoms. The van der Waals surface area contributed by atoms with Crippen LogP contribution in [-0.2, 0) is 26.8 Å². The van der Waals surface area contributed by atoms with Gasteiger partial charge in [-0.1, -0.05) is 78.9 Å². The third-order valence-electron chi connectivity index (χ3n) is 6.58. The highest BCUT2D eigenvalue weighted by atomic mass is 35.5. The van der Waals surface area contributed by atoms with Crippen molar-refractivity contribution in [3.05, 3.63) is 95.6 Å². The molecule has 2 unspecified atom stereocenters. The first kappa shape index (κ1) is 21.1. The van der Waals surface area contributed by atoms with Crippen molar-refractivity contribution in [1.82, 2.24) is 5.32 Å². The van der Waals surface area contributed by atoms with Crippen LogP contribution in [0.25, 0.3) is 11.1 Å². The topological polar surface area (TPSA) is 46.2 Å². The molecule has 1 aliphatic carbocycles. The first-order valence-electron chi connectivity index (χ1n) is 10.3. The van der Waals surface area contributed by atoms with Crippen LogP contribution in [0, 0.1) is 0 Å². The van der Waals surface area contributed by atoms with E-state index >= 15 is 0 Å². The van der Waals surface area contributed by atoms with Crippen LogP contribution < -0.4 is 5.32 Å². The van der Waals surface area contributed by atoms with E-state index in [0.717, 1.165) is 36.1 Å². The highest BCUT2D eigenvalue weighted by molar-refractivity contribution is 7.91. The van der Waals surface area contributed by atoms with Crippen molar-refractivity contribution in [1.29, 1.82) is 0 Å². The largest absolute Gasteiger partial charge is 0.312 e. The average Bonchev–Trinajstić information content (AvgIpc) is 3.21. The Morgan fingerprint density at radius 2 is 1.60 bits per heavy atom. The average molecular weight is 440 g/mol. The van der Waals surface area contributed by atoms with Crippen LogP contribution in [0.5, 0.6) is 0 Å². The number of nitrogens with one attached hydrogen (secondary N) is 1. The molecule has 0 saturated carbocycles. The molecule has 5 heteroatoms. The van der Waals surface area contributed by atoms with E-state index < -0.39 is 14.6 Å². The predicted octanol–water partition coefficient (Wildman–Crippen LogP) is 4.89. The van der Waals surface area contributed by atoms with E-state index in [-0.39, 0.29) is 24.2 Å². The number of fused-ring (bicyclic) bond motifs is 3. The number of rotatable bonds is 4. The lowest BCUT2D eigenvalue weighted by molar-refractivity contribution is 0.415. The van der Waals surface area contributed by atoms with Gasteiger partial charge in [-0.05, 0) is 53.6 Å². The van der Waals surface area contributed by atoms with E-state index in [0.29, 0.717) is 6.42 Å². The molecule has 3 nitrogen and oxygen atoms in total. The molecule has 3 aromatic carbocycles. The standard InChI is InChI=1S/C25H25NO2S.ClH/c27-29(28,18-19-7-3-1-4-8-19)25-15-16-26-24(25)14-12-22-17-21(11-13-23(22)25)20-9-5-2-6-10-20;/h1-11,13,17,24,26H,12,14-16,18H2;1H. The molecule has 1 heterocycles. The second-order valence-electron chi connectivity index (χ2n) is 8.17. The van der Waals surface area contributed by atoms with Crippen molar-refractivity contribution in [2.45, 2.75) is 35.8 Å². The normalized spacial score (nSPS) is 22.6. The van der Waals surface area contributed by atoms with Gasteiger partial charge in [-0.15, -0.1) is 12.4 Å². The number of benzene rings is 3. The van der Waals surface area contributed by atoms with Crippen LogP contribution in [0.4, 0.5) is 0 Å². The lowest BCUT2D eigenvalue weighted by atomic mass is 9.78. The molecule has 3 aromatic rings. The molecule has 0 amide bonds. The summed E-state index contributed by atoms with van der Waals surface area (Å²) in [7, 11) is -3.39. The SMILES string of the molecule is Cl.O=S(=O)(Cc1ccccc1)C12CCNC1CCc1cc(-c3ccccc3)ccc12. The number of aryl methyl sites for hydroxylation is 1. The summed E-state index contributed by atoms with van der Waals surface area (Å²) in [6.07, 6.45) is 2.42. The van der Waals surface area contributed by atoms with Gasteiger partial charge >= 0.3 is 0 Å². The van der Waals surface area contributed by atoms with Crippen molar-refractivity contribution in [3.63, 3.8) is 0 Å². The van der Waals surface area contributed by atoms with E-state index in [1.54, 1.807) is 0 Å². The molecule has 1 saturated heterocycles. The van der Waals surface area contributed by atoms with Gasteiger partial charge in [0.15, 0.2) is 9.84 Å². The molecular weight excluding hydrogens is 414 g/mol. The van der Waals surface area contributed by atoms with Gasteiger partial charge in [0.25, 0.3) is 0 Å². The Morgan fingerprint density at radius 1 is 0.900 bits per heavy atom. The van der Waals surface area contributed by atoms with Gasteiger partial charge in [0.05, 0.1) is 5.75 Å². The Bertz CT molecular complexity index is 1130. The zero-order valence-corrected chi connectivity index (χ0v) is 18.4. The van der Waals surface area contributed by atoms with Crippen LogP contribution in [0.15, 0.2) is 78.9 Å². The van der Waals surface area contributed by atoms with Crippen LogP contribution >= 0.6 is 12.4 Å². The maximum Gasteiger partial charge on any atom is 0.165 e. The quantitative estimate of drug-likeness (QED) is 0.629. The van der Waals surface area contributed by atoms with E-state index in [4.69, 9.17) is 0 Å². The molecular formula is C25H26ClNO2S. The number of halogens is 1. The smallest absolute Gasteiger partial charge is 0.165 e. The Morgan fingerprint density at radius 3 is 2.33 bits per heavy atom. The van der Waals surface area contributed by atoms with Gasteiger partial charge in [-0.2, -0.15) is 0 Å². The Hall–Kier alpha value is -2.14. The van der Waals surface area contributed by atoms with Crippen molar-refractivity contribution >= 4 is 22.2 Å². The fourth-order valence-electron chi connectivity index (χ4n) is 5.21. The van der Waals surface area contributed by atoms with Crippen molar-refractivity contribution in [2.75, 3.05) is 6.54 Å². The molecule has 1 N–H and O–H groups in total. The summed E-state index contributed by atoms with van der Waals surface area (Å²) in [4.78, 5) is 0. The monoisotopic (exact) mass is 439 g/mol. The summed E-state index contributed by atoms with van der Waals surface area (Å²) in [6, 6.07) is 26.2. The minimum atomic E-state index is -3.39. The molecule has 0 spiro atoms. The van der Waals surface area contributed by atoms with E-state index in [1.165, 1.54) is 11.1 Å². The summed E-state index contributed by atoms with van der Waals surface area (Å²) >= 11 is 0. The summed E-state index contributed by atoms with van der Waals surface area (Å²) in [5.41, 5.74) is 5.38. The fraction of sp³-hybridized carbons (Fsp3) is 0.280. The fourth-order valence-corrected chi connectivity index (χ4v) is 7.69. The van der Waals surface area contributed by atoms with Crippen LogP contribution in [0.2, 0.25) is 0 Å². The van der Waals surface area contributed by atoms with E-state index in [2.05, 4.69) is 35.6 Å². The molecule has 5 rings (SSSR count). The molecule has 0 aromatic heterocycles. The number of hydrogen-bond donors (Lipinski definition) is 1. The lowest BCUT2D eigenvalue weighted by Gasteiger charge is -2.40. The zero-order chi connectivity index (χ0) is 19.9. The van der Waals surface area contributed by atoms with Gasteiger partial charge < -0.3 is 5.32 Å². The van der Waals surface area contributed by atoms with E-state index in [9.17, 15) is 8.42 Å². The third-order valence-corrected chi connectivity index (χ3v) is 9.11. The van der Waals surface area contributed by atoms with Crippen LogP contribution in [0.3, 0.4) is 0 Å². The van der Waals surface area contributed by atoms with Crippen molar-refractivity contribution in [3.8, 4) is 11.1 Å². The minimum Gasteiger partial charge on any atom is -0.312 e. The first-order valence-corrected chi connectivity index (χ1v) is 11.9. The van der Waals surface area contributed by atoms with E-state index in [1.807, 2.05) is 48.5 Å². The Labute approximate surface area is 184 Å². The van der Waals surface area contributed by atoms with Gasteiger partial charge in [0, 0.05) is 6.04 Å². The van der Waals surface area contributed by atoms with Crippen molar-refractivity contribution < 1.29 is 8.42 Å². The van der Waals surface area contributed by atoms with Crippen molar-refractivity contribution in [2.24, 2.45) is 0 Å². The molecule has 1 aliphatic heterocycles. The highest BCUT2D eigenvalue weighted by Gasteiger charge is 2.56. The maximum absolute atomic E-state index is 13.8. The molecule has 0 radical (unpaired) electrons. The van der Waals surface area contributed by atoms with Crippen LogP contribution in [-0.4, -0.2) is 21.0 Å². The molecule has 0 bridgehead atoms.